The number of hydrogen-bond donors (Lipinski definition) is 0. The van der Waals surface area contributed by atoms with Crippen LogP contribution >= 0.6 is 11.6 Å². The Labute approximate surface area is 78.4 Å². The molecule has 1 nitrogen and oxygen atoms in total. The van der Waals surface area contributed by atoms with E-state index in [4.69, 9.17) is 11.6 Å². The number of allylic oxidation sites excluding steroid dienone is 1. The van der Waals surface area contributed by atoms with Crippen molar-refractivity contribution < 1.29 is 0 Å². The Kier molecular flexibility index (Phi) is 5.06. The largest absolute Gasteiger partial charge is 0.257 e. The van der Waals surface area contributed by atoms with Gasteiger partial charge in [0.15, 0.2) is 0 Å². The van der Waals surface area contributed by atoms with E-state index in [1.54, 1.807) is 18.3 Å². The Balaban J connectivity index is 0.000000561. The van der Waals surface area contributed by atoms with Crippen molar-refractivity contribution in [1.82, 2.24) is 4.98 Å². The van der Waals surface area contributed by atoms with Crippen LogP contribution in [0.3, 0.4) is 0 Å². The van der Waals surface area contributed by atoms with Gasteiger partial charge in [-0.05, 0) is 24.6 Å². The van der Waals surface area contributed by atoms with Crippen LogP contribution in [0.4, 0.5) is 0 Å². The Hall–Kier alpha value is -1.08. The average Bonchev–Trinajstić information content (AvgIpc) is 2.08. The van der Waals surface area contributed by atoms with Crippen LogP contribution in [0.15, 0.2) is 38.1 Å². The normalized spacial score (nSPS) is 8.17. The summed E-state index contributed by atoms with van der Waals surface area (Å²) in [7, 11) is 0. The minimum absolute atomic E-state index is 0.702. The first-order valence-corrected chi connectivity index (χ1v) is 3.85. The van der Waals surface area contributed by atoms with Crippen molar-refractivity contribution in [2.75, 3.05) is 0 Å². The van der Waals surface area contributed by atoms with Crippen LogP contribution in [-0.2, 0) is 0 Å². The van der Waals surface area contributed by atoms with Gasteiger partial charge in [0, 0.05) is 11.2 Å². The maximum atomic E-state index is 5.71. The SMILES string of the molecule is C=C.C=C(C)c1cc(Cl)ccn1. The van der Waals surface area contributed by atoms with Crippen molar-refractivity contribution in [1.29, 1.82) is 0 Å². The van der Waals surface area contributed by atoms with Crippen molar-refractivity contribution in [3.8, 4) is 0 Å². The van der Waals surface area contributed by atoms with Gasteiger partial charge in [0.1, 0.15) is 0 Å². The summed E-state index contributed by atoms with van der Waals surface area (Å²) in [6.07, 6.45) is 1.67. The summed E-state index contributed by atoms with van der Waals surface area (Å²) < 4.78 is 0. The summed E-state index contributed by atoms with van der Waals surface area (Å²) >= 11 is 5.71. The third-order valence-electron chi connectivity index (χ3n) is 1.16. The first-order chi connectivity index (χ1) is 5.70. The van der Waals surface area contributed by atoms with E-state index in [0.717, 1.165) is 11.3 Å². The zero-order chi connectivity index (χ0) is 9.56. The van der Waals surface area contributed by atoms with E-state index in [0.29, 0.717) is 5.02 Å². The van der Waals surface area contributed by atoms with E-state index >= 15 is 0 Å². The van der Waals surface area contributed by atoms with Crippen molar-refractivity contribution in [2.45, 2.75) is 6.92 Å². The summed E-state index contributed by atoms with van der Waals surface area (Å²) in [5.41, 5.74) is 1.79. The summed E-state index contributed by atoms with van der Waals surface area (Å²) in [6, 6.07) is 3.54. The second-order valence-electron chi connectivity index (χ2n) is 2.14. The molecule has 1 heterocycles. The number of pyridine rings is 1. The number of rotatable bonds is 1. The van der Waals surface area contributed by atoms with Crippen LogP contribution in [0.2, 0.25) is 5.02 Å². The summed E-state index contributed by atoms with van der Waals surface area (Å²) in [5.74, 6) is 0. The molecule has 0 fully saturated rings. The molecule has 0 N–H and O–H groups in total. The van der Waals surface area contributed by atoms with E-state index < -0.39 is 0 Å². The lowest BCUT2D eigenvalue weighted by atomic mass is 10.2. The predicted molar refractivity (Wildman–Crippen MR) is 55.2 cm³/mol. The van der Waals surface area contributed by atoms with E-state index in [1.165, 1.54) is 0 Å². The highest BCUT2D eigenvalue weighted by Crippen LogP contribution is 2.13. The lowest BCUT2D eigenvalue weighted by molar-refractivity contribution is 1.27. The molecule has 1 aromatic rings. The number of nitrogens with zero attached hydrogens (tertiary/aromatic N) is 1. The van der Waals surface area contributed by atoms with E-state index in [-0.39, 0.29) is 0 Å². The topological polar surface area (TPSA) is 12.9 Å². The fourth-order valence-corrected chi connectivity index (χ4v) is 0.798. The number of hydrogen-bond acceptors (Lipinski definition) is 1. The molecule has 0 aliphatic heterocycles. The fraction of sp³-hybridized carbons (Fsp3) is 0.100. The highest BCUT2D eigenvalue weighted by atomic mass is 35.5. The van der Waals surface area contributed by atoms with Crippen molar-refractivity contribution in [2.24, 2.45) is 0 Å². The molecule has 0 aromatic carbocycles. The van der Waals surface area contributed by atoms with Gasteiger partial charge in [-0.25, -0.2) is 0 Å². The molecule has 0 saturated heterocycles. The van der Waals surface area contributed by atoms with Gasteiger partial charge in [0.05, 0.1) is 5.69 Å². The van der Waals surface area contributed by atoms with Gasteiger partial charge >= 0.3 is 0 Å². The van der Waals surface area contributed by atoms with Gasteiger partial charge in [0.2, 0.25) is 0 Å². The Morgan fingerprint density at radius 1 is 1.50 bits per heavy atom. The maximum absolute atomic E-state index is 5.71. The van der Waals surface area contributed by atoms with Crippen molar-refractivity contribution in [3.63, 3.8) is 0 Å². The molecule has 0 radical (unpaired) electrons. The molecule has 2 heteroatoms. The van der Waals surface area contributed by atoms with Crippen molar-refractivity contribution in [3.05, 3.63) is 48.8 Å². The molecule has 0 saturated carbocycles. The van der Waals surface area contributed by atoms with Gasteiger partial charge in [0.25, 0.3) is 0 Å². The van der Waals surface area contributed by atoms with Crippen LogP contribution in [-0.4, -0.2) is 4.98 Å². The molecule has 0 aliphatic carbocycles. The smallest absolute Gasteiger partial charge is 0.0667 e. The standard InChI is InChI=1S/C8H8ClN.C2H4/c1-6(2)8-5-7(9)3-4-10-8;1-2/h3-5H,1H2,2H3;1-2H2. The minimum Gasteiger partial charge on any atom is -0.257 e. The van der Waals surface area contributed by atoms with E-state index in [9.17, 15) is 0 Å². The van der Waals surface area contributed by atoms with E-state index in [2.05, 4.69) is 24.7 Å². The summed E-state index contributed by atoms with van der Waals surface area (Å²) in [4.78, 5) is 4.06. The van der Waals surface area contributed by atoms with Crippen LogP contribution in [0.1, 0.15) is 12.6 Å². The van der Waals surface area contributed by atoms with Gasteiger partial charge in [-0.2, -0.15) is 0 Å². The first kappa shape index (κ1) is 10.9. The Morgan fingerprint density at radius 3 is 2.42 bits per heavy atom. The quantitative estimate of drug-likeness (QED) is 0.604. The zero-order valence-corrected chi connectivity index (χ0v) is 7.93. The Bertz CT molecular complexity index is 268. The minimum atomic E-state index is 0.702. The molecular formula is C10H12ClN. The highest BCUT2D eigenvalue weighted by molar-refractivity contribution is 6.30. The van der Waals surface area contributed by atoms with Gasteiger partial charge in [-0.1, -0.05) is 18.2 Å². The molecule has 0 spiro atoms. The fourth-order valence-electron chi connectivity index (χ4n) is 0.638. The number of aromatic nitrogens is 1. The molecule has 0 unspecified atom stereocenters. The monoisotopic (exact) mass is 181 g/mol. The van der Waals surface area contributed by atoms with Crippen LogP contribution in [0.25, 0.3) is 5.57 Å². The Morgan fingerprint density at radius 2 is 2.08 bits per heavy atom. The van der Waals surface area contributed by atoms with Gasteiger partial charge in [-0.3, -0.25) is 4.98 Å². The lowest BCUT2D eigenvalue weighted by Crippen LogP contribution is -1.82. The molecule has 1 aromatic heterocycles. The van der Waals surface area contributed by atoms with Crippen molar-refractivity contribution >= 4 is 17.2 Å². The average molecular weight is 182 g/mol. The number of halogens is 1. The third-order valence-corrected chi connectivity index (χ3v) is 1.39. The molecule has 0 aliphatic rings. The van der Waals surface area contributed by atoms with E-state index in [1.807, 2.05) is 6.92 Å². The van der Waals surface area contributed by atoms with Crippen LogP contribution in [0.5, 0.6) is 0 Å². The second-order valence-corrected chi connectivity index (χ2v) is 2.58. The molecular weight excluding hydrogens is 170 g/mol. The zero-order valence-electron chi connectivity index (χ0n) is 7.18. The molecule has 64 valence electrons. The van der Waals surface area contributed by atoms with Crippen LogP contribution in [0, 0.1) is 0 Å². The maximum Gasteiger partial charge on any atom is 0.0667 e. The highest BCUT2D eigenvalue weighted by Gasteiger charge is 1.93. The third kappa shape index (κ3) is 3.35. The molecule has 0 amide bonds. The first-order valence-electron chi connectivity index (χ1n) is 3.47. The molecule has 0 atom stereocenters. The second kappa shape index (κ2) is 5.56. The molecule has 0 bridgehead atoms. The van der Waals surface area contributed by atoms with Gasteiger partial charge in [-0.15, -0.1) is 13.2 Å². The summed E-state index contributed by atoms with van der Waals surface area (Å²) in [5, 5.41) is 0.702. The lowest BCUT2D eigenvalue weighted by Gasteiger charge is -1.96. The predicted octanol–water partition coefficient (Wildman–Crippen LogP) is 3.57. The van der Waals surface area contributed by atoms with Gasteiger partial charge < -0.3 is 0 Å². The van der Waals surface area contributed by atoms with Crippen LogP contribution < -0.4 is 0 Å². The summed E-state index contributed by atoms with van der Waals surface area (Å²) in [6.45, 7) is 11.6. The molecule has 1 rings (SSSR count). The molecule has 12 heavy (non-hydrogen) atoms.